The first-order valence-electron chi connectivity index (χ1n) is 8.35. The predicted molar refractivity (Wildman–Crippen MR) is 101 cm³/mol. The van der Waals surface area contributed by atoms with Crippen molar-refractivity contribution in [3.8, 4) is 11.5 Å². The van der Waals surface area contributed by atoms with E-state index in [9.17, 15) is 14.4 Å². The van der Waals surface area contributed by atoms with Gasteiger partial charge in [0.1, 0.15) is 6.04 Å². The van der Waals surface area contributed by atoms with Gasteiger partial charge in [-0.25, -0.2) is 4.79 Å². The third-order valence-corrected chi connectivity index (χ3v) is 4.15. The van der Waals surface area contributed by atoms with Crippen LogP contribution in [0.3, 0.4) is 0 Å². The number of rotatable bonds is 6. The SMILES string of the molecule is C[C@H](NC(=O)c1ccccc1Cl)C(=O)OCC(=O)Nc1ccc2c(c1)OCO2. The van der Waals surface area contributed by atoms with E-state index < -0.39 is 30.4 Å². The van der Waals surface area contributed by atoms with Gasteiger partial charge in [0, 0.05) is 11.8 Å². The minimum absolute atomic E-state index is 0.127. The Hall–Kier alpha value is -3.26. The molecule has 2 amide bonds. The Balaban J connectivity index is 1.47. The second kappa shape index (κ2) is 8.62. The largest absolute Gasteiger partial charge is 0.454 e. The summed E-state index contributed by atoms with van der Waals surface area (Å²) in [5, 5.41) is 5.33. The molecule has 0 bridgehead atoms. The van der Waals surface area contributed by atoms with Crippen molar-refractivity contribution in [2.24, 2.45) is 0 Å². The molecule has 1 aliphatic rings. The Kier molecular flexibility index (Phi) is 6.00. The molecule has 2 N–H and O–H groups in total. The van der Waals surface area contributed by atoms with Crippen LogP contribution >= 0.6 is 11.6 Å². The van der Waals surface area contributed by atoms with Crippen molar-refractivity contribution in [2.45, 2.75) is 13.0 Å². The van der Waals surface area contributed by atoms with E-state index in [0.717, 1.165) is 0 Å². The fraction of sp³-hybridized carbons (Fsp3) is 0.211. The Morgan fingerprint density at radius 1 is 1.14 bits per heavy atom. The van der Waals surface area contributed by atoms with E-state index in [2.05, 4.69) is 10.6 Å². The first-order chi connectivity index (χ1) is 13.4. The van der Waals surface area contributed by atoms with E-state index in [4.69, 9.17) is 25.8 Å². The number of hydrogen-bond acceptors (Lipinski definition) is 6. The summed E-state index contributed by atoms with van der Waals surface area (Å²) in [4.78, 5) is 36.1. The number of halogens is 1. The van der Waals surface area contributed by atoms with E-state index in [1.54, 1.807) is 36.4 Å². The molecule has 0 radical (unpaired) electrons. The van der Waals surface area contributed by atoms with Gasteiger partial charge in [-0.3, -0.25) is 9.59 Å². The van der Waals surface area contributed by atoms with Crippen LogP contribution in [-0.2, 0) is 14.3 Å². The molecule has 0 unspecified atom stereocenters. The molecule has 9 heteroatoms. The minimum atomic E-state index is -0.956. The van der Waals surface area contributed by atoms with Crippen molar-refractivity contribution in [3.05, 3.63) is 53.1 Å². The minimum Gasteiger partial charge on any atom is -0.454 e. The Morgan fingerprint density at radius 2 is 1.89 bits per heavy atom. The molecule has 0 aliphatic carbocycles. The summed E-state index contributed by atoms with van der Waals surface area (Å²) in [7, 11) is 0. The molecule has 0 fully saturated rings. The van der Waals surface area contributed by atoms with Crippen molar-refractivity contribution < 1.29 is 28.6 Å². The molecule has 0 spiro atoms. The van der Waals surface area contributed by atoms with Gasteiger partial charge in [0.25, 0.3) is 11.8 Å². The standard InChI is InChI=1S/C19H17ClN2O6/c1-11(21-18(24)13-4-2-3-5-14(13)20)19(25)26-9-17(23)22-12-6-7-15-16(8-12)28-10-27-15/h2-8,11H,9-10H2,1H3,(H,21,24)(H,22,23)/t11-/m0/s1. The fourth-order valence-corrected chi connectivity index (χ4v) is 2.63. The van der Waals surface area contributed by atoms with Crippen molar-refractivity contribution in [1.82, 2.24) is 5.32 Å². The summed E-state index contributed by atoms with van der Waals surface area (Å²) in [5.41, 5.74) is 0.717. The van der Waals surface area contributed by atoms with Gasteiger partial charge in [0.05, 0.1) is 10.6 Å². The van der Waals surface area contributed by atoms with Gasteiger partial charge in [0.15, 0.2) is 18.1 Å². The number of carbonyl (C=O) groups excluding carboxylic acids is 3. The van der Waals surface area contributed by atoms with Crippen molar-refractivity contribution in [2.75, 3.05) is 18.7 Å². The number of benzene rings is 2. The van der Waals surface area contributed by atoms with Crippen LogP contribution in [0.2, 0.25) is 5.02 Å². The van der Waals surface area contributed by atoms with Crippen LogP contribution in [0.15, 0.2) is 42.5 Å². The highest BCUT2D eigenvalue weighted by Gasteiger charge is 2.20. The van der Waals surface area contributed by atoms with Gasteiger partial charge in [-0.1, -0.05) is 23.7 Å². The second-order valence-electron chi connectivity index (χ2n) is 5.90. The van der Waals surface area contributed by atoms with Gasteiger partial charge in [-0.15, -0.1) is 0 Å². The third-order valence-electron chi connectivity index (χ3n) is 3.82. The maximum absolute atomic E-state index is 12.1. The zero-order valence-electron chi connectivity index (χ0n) is 14.9. The highest BCUT2D eigenvalue weighted by atomic mass is 35.5. The topological polar surface area (TPSA) is 103 Å². The summed E-state index contributed by atoms with van der Waals surface area (Å²) in [6, 6.07) is 10.4. The van der Waals surface area contributed by atoms with Crippen LogP contribution in [0.5, 0.6) is 11.5 Å². The predicted octanol–water partition coefficient (Wildman–Crippen LogP) is 2.37. The molecular formula is C19H17ClN2O6. The number of carbonyl (C=O) groups is 3. The molecule has 3 rings (SSSR count). The Bertz CT molecular complexity index is 917. The van der Waals surface area contributed by atoms with Crippen LogP contribution in [-0.4, -0.2) is 37.2 Å². The first-order valence-corrected chi connectivity index (χ1v) is 8.73. The van der Waals surface area contributed by atoms with E-state index in [1.807, 2.05) is 0 Å². The quantitative estimate of drug-likeness (QED) is 0.716. The lowest BCUT2D eigenvalue weighted by molar-refractivity contribution is -0.148. The van der Waals surface area contributed by atoms with E-state index in [-0.39, 0.29) is 17.4 Å². The molecule has 0 saturated heterocycles. The number of fused-ring (bicyclic) bond motifs is 1. The van der Waals surface area contributed by atoms with Gasteiger partial charge < -0.3 is 24.8 Å². The fourth-order valence-electron chi connectivity index (χ4n) is 2.41. The lowest BCUT2D eigenvalue weighted by Crippen LogP contribution is -2.40. The number of nitrogens with one attached hydrogen (secondary N) is 2. The summed E-state index contributed by atoms with van der Waals surface area (Å²) in [6.07, 6.45) is 0. The van der Waals surface area contributed by atoms with Crippen LogP contribution in [0, 0.1) is 0 Å². The van der Waals surface area contributed by atoms with Crippen LogP contribution in [0.4, 0.5) is 5.69 Å². The van der Waals surface area contributed by atoms with Gasteiger partial charge in [0.2, 0.25) is 6.79 Å². The summed E-state index contributed by atoms with van der Waals surface area (Å²) in [5.74, 6) is -0.684. The smallest absolute Gasteiger partial charge is 0.328 e. The maximum atomic E-state index is 12.1. The molecule has 1 heterocycles. The van der Waals surface area contributed by atoms with Gasteiger partial charge in [-0.05, 0) is 31.2 Å². The van der Waals surface area contributed by atoms with Crippen LogP contribution in [0.1, 0.15) is 17.3 Å². The van der Waals surface area contributed by atoms with Crippen molar-refractivity contribution in [3.63, 3.8) is 0 Å². The number of esters is 1. The van der Waals surface area contributed by atoms with E-state index >= 15 is 0 Å². The van der Waals surface area contributed by atoms with Crippen molar-refractivity contribution in [1.29, 1.82) is 0 Å². The Morgan fingerprint density at radius 3 is 2.68 bits per heavy atom. The average molecular weight is 405 g/mol. The zero-order chi connectivity index (χ0) is 20.1. The molecular weight excluding hydrogens is 388 g/mol. The molecule has 8 nitrogen and oxygen atoms in total. The van der Waals surface area contributed by atoms with Gasteiger partial charge in [-0.2, -0.15) is 0 Å². The lowest BCUT2D eigenvalue weighted by Gasteiger charge is -2.14. The molecule has 2 aromatic carbocycles. The molecule has 28 heavy (non-hydrogen) atoms. The number of ether oxygens (including phenoxy) is 3. The summed E-state index contributed by atoms with van der Waals surface area (Å²) < 4.78 is 15.4. The highest BCUT2D eigenvalue weighted by molar-refractivity contribution is 6.33. The lowest BCUT2D eigenvalue weighted by atomic mass is 10.2. The molecule has 1 atom stereocenters. The number of hydrogen-bond donors (Lipinski definition) is 2. The first kappa shape index (κ1) is 19.5. The number of amides is 2. The van der Waals surface area contributed by atoms with E-state index in [0.29, 0.717) is 17.2 Å². The molecule has 1 aliphatic heterocycles. The van der Waals surface area contributed by atoms with Crippen LogP contribution < -0.4 is 20.1 Å². The summed E-state index contributed by atoms with van der Waals surface area (Å²) in [6.45, 7) is 1.08. The second-order valence-corrected chi connectivity index (χ2v) is 6.31. The van der Waals surface area contributed by atoms with Gasteiger partial charge >= 0.3 is 5.97 Å². The molecule has 0 saturated carbocycles. The summed E-state index contributed by atoms with van der Waals surface area (Å²) >= 11 is 5.95. The van der Waals surface area contributed by atoms with Crippen LogP contribution in [0.25, 0.3) is 0 Å². The third kappa shape index (κ3) is 4.72. The molecule has 146 valence electrons. The Labute approximate surface area is 165 Å². The normalized spacial score (nSPS) is 12.8. The maximum Gasteiger partial charge on any atom is 0.328 e. The highest BCUT2D eigenvalue weighted by Crippen LogP contribution is 2.34. The molecule has 0 aromatic heterocycles. The monoisotopic (exact) mass is 404 g/mol. The number of anilines is 1. The average Bonchev–Trinajstić information content (AvgIpc) is 3.14. The van der Waals surface area contributed by atoms with Crippen molar-refractivity contribution >= 4 is 35.1 Å². The van der Waals surface area contributed by atoms with E-state index in [1.165, 1.54) is 13.0 Å². The molecule has 2 aromatic rings. The zero-order valence-corrected chi connectivity index (χ0v) is 15.6.